The molecule has 1 unspecified atom stereocenters. The van der Waals surface area contributed by atoms with Crippen molar-refractivity contribution < 1.29 is 9.59 Å². The number of amides is 2. The number of hydrogen-bond acceptors (Lipinski definition) is 3. The van der Waals surface area contributed by atoms with E-state index in [0.29, 0.717) is 19.5 Å². The van der Waals surface area contributed by atoms with Crippen LogP contribution in [0, 0.1) is 11.3 Å². The highest BCUT2D eigenvalue weighted by Gasteiger charge is 2.24. The number of carbonyl (C=O) groups excluding carboxylic acids is 2. The topological polar surface area (TPSA) is 70.6 Å². The van der Waals surface area contributed by atoms with E-state index in [4.69, 9.17) is 0 Å². The first-order valence-electron chi connectivity index (χ1n) is 10.4. The first kappa shape index (κ1) is 24.6. The van der Waals surface area contributed by atoms with Crippen molar-refractivity contribution in [2.75, 3.05) is 6.54 Å². The maximum absolute atomic E-state index is 12.8. The third-order valence-electron chi connectivity index (χ3n) is 4.91. The van der Waals surface area contributed by atoms with Gasteiger partial charge in [0.2, 0.25) is 12.3 Å². The van der Waals surface area contributed by atoms with Crippen LogP contribution < -0.4 is 10.6 Å². The van der Waals surface area contributed by atoms with Crippen molar-refractivity contribution in [2.45, 2.75) is 67.3 Å². The van der Waals surface area contributed by atoms with Gasteiger partial charge in [0, 0.05) is 30.9 Å². The van der Waals surface area contributed by atoms with Gasteiger partial charge in [-0.2, -0.15) is 0 Å². The maximum Gasteiger partial charge on any atom is 0.223 e. The van der Waals surface area contributed by atoms with Gasteiger partial charge in [-0.1, -0.05) is 45.0 Å². The number of carbonyl (C=O) groups is 2. The molecule has 0 bridgehead atoms. The first-order valence-corrected chi connectivity index (χ1v) is 10.4. The molecule has 160 valence electrons. The molecule has 0 spiro atoms. The van der Waals surface area contributed by atoms with Gasteiger partial charge in [-0.05, 0) is 62.1 Å². The van der Waals surface area contributed by atoms with Crippen LogP contribution in [0.2, 0.25) is 0 Å². The molecule has 0 aliphatic rings. The minimum Gasteiger partial charge on any atom is -0.359 e. The molecule has 5 nitrogen and oxygen atoms in total. The Morgan fingerprint density at radius 2 is 1.83 bits per heavy atom. The molecule has 0 heterocycles. The standard InChI is InChI=1S/C24H37N3O2/c1-7-26-19(3)18(2)21-12-10-20(11-13-21)16-27-23(29)22(15-24(4,5)6)9-8-14-25-17-28/h7,10-13,17,22H,8-9,14-16H2,1-6H3,(H,25,28)(H,27,29)/b19-18+,26-7?. The van der Waals surface area contributed by atoms with Gasteiger partial charge in [-0.3, -0.25) is 14.6 Å². The Labute approximate surface area is 176 Å². The van der Waals surface area contributed by atoms with Gasteiger partial charge in [-0.25, -0.2) is 0 Å². The molecule has 1 aromatic carbocycles. The summed E-state index contributed by atoms with van der Waals surface area (Å²) in [5.74, 6) is 0.0294. The fourth-order valence-corrected chi connectivity index (χ4v) is 3.28. The Balaban J connectivity index is 2.71. The Morgan fingerprint density at radius 1 is 1.17 bits per heavy atom. The number of nitrogens with one attached hydrogen (secondary N) is 2. The highest BCUT2D eigenvalue weighted by molar-refractivity contribution is 5.78. The van der Waals surface area contributed by atoms with Crippen molar-refractivity contribution in [3.63, 3.8) is 0 Å². The summed E-state index contributed by atoms with van der Waals surface area (Å²) >= 11 is 0. The highest BCUT2D eigenvalue weighted by Crippen LogP contribution is 2.27. The average Bonchev–Trinajstić information content (AvgIpc) is 2.67. The first-order chi connectivity index (χ1) is 13.7. The molecule has 29 heavy (non-hydrogen) atoms. The lowest BCUT2D eigenvalue weighted by Gasteiger charge is -2.25. The Hall–Kier alpha value is -2.43. The molecule has 1 rings (SSSR count). The van der Waals surface area contributed by atoms with Gasteiger partial charge in [0.15, 0.2) is 0 Å². The van der Waals surface area contributed by atoms with E-state index in [-0.39, 0.29) is 17.2 Å². The van der Waals surface area contributed by atoms with Crippen molar-refractivity contribution in [1.29, 1.82) is 0 Å². The van der Waals surface area contributed by atoms with Crippen LogP contribution in [0.4, 0.5) is 0 Å². The molecule has 2 amide bonds. The fourth-order valence-electron chi connectivity index (χ4n) is 3.28. The average molecular weight is 400 g/mol. The Kier molecular flexibility index (Phi) is 10.4. The van der Waals surface area contributed by atoms with Gasteiger partial charge in [0.05, 0.1) is 0 Å². The molecule has 1 aromatic rings. The third kappa shape index (κ3) is 9.55. The van der Waals surface area contributed by atoms with E-state index in [2.05, 4.69) is 67.6 Å². The van der Waals surface area contributed by atoms with Crippen molar-refractivity contribution >= 4 is 24.1 Å². The van der Waals surface area contributed by atoms with Crippen molar-refractivity contribution in [3.8, 4) is 0 Å². The van der Waals surface area contributed by atoms with Crippen LogP contribution in [0.1, 0.15) is 71.9 Å². The summed E-state index contributed by atoms with van der Waals surface area (Å²) in [7, 11) is 0. The summed E-state index contributed by atoms with van der Waals surface area (Å²) in [4.78, 5) is 27.5. The summed E-state index contributed by atoms with van der Waals surface area (Å²) in [5.41, 5.74) is 4.43. The lowest BCUT2D eigenvalue weighted by atomic mass is 9.82. The normalized spacial score (nSPS) is 13.7. The van der Waals surface area contributed by atoms with Gasteiger partial charge < -0.3 is 10.6 Å². The fraction of sp³-hybridized carbons (Fsp3) is 0.542. The molecule has 0 saturated heterocycles. The quantitative estimate of drug-likeness (QED) is 0.321. The van der Waals surface area contributed by atoms with Crippen LogP contribution in [-0.4, -0.2) is 25.1 Å². The molecule has 5 heteroatoms. The van der Waals surface area contributed by atoms with E-state index in [0.717, 1.165) is 41.7 Å². The molecule has 0 aromatic heterocycles. The van der Waals surface area contributed by atoms with Crippen LogP contribution in [0.5, 0.6) is 0 Å². The predicted octanol–water partition coefficient (Wildman–Crippen LogP) is 4.72. The second-order valence-electron chi connectivity index (χ2n) is 8.69. The predicted molar refractivity (Wildman–Crippen MR) is 122 cm³/mol. The molecule has 0 radical (unpaired) electrons. The van der Waals surface area contributed by atoms with E-state index < -0.39 is 0 Å². The van der Waals surface area contributed by atoms with Crippen LogP contribution >= 0.6 is 0 Å². The van der Waals surface area contributed by atoms with Crippen molar-refractivity contribution in [3.05, 3.63) is 41.1 Å². The van der Waals surface area contributed by atoms with Gasteiger partial charge in [0.25, 0.3) is 0 Å². The maximum atomic E-state index is 12.8. The minimum absolute atomic E-state index is 0.0533. The highest BCUT2D eigenvalue weighted by atomic mass is 16.2. The summed E-state index contributed by atoms with van der Waals surface area (Å²) in [6.45, 7) is 13.5. The number of benzene rings is 1. The molecule has 0 aliphatic carbocycles. The molecular formula is C24H37N3O2. The van der Waals surface area contributed by atoms with E-state index in [1.54, 1.807) is 6.21 Å². The number of aliphatic imine (C=N–C) groups is 1. The van der Waals surface area contributed by atoms with E-state index >= 15 is 0 Å². The number of allylic oxidation sites excluding steroid dienone is 2. The number of nitrogens with zero attached hydrogens (tertiary/aromatic N) is 1. The molecule has 2 N–H and O–H groups in total. The SMILES string of the molecule is CC=N/C(C)=C(\C)c1ccc(CNC(=O)C(CCCNC=O)CC(C)(C)C)cc1. The minimum atomic E-state index is -0.0533. The molecular weight excluding hydrogens is 362 g/mol. The van der Waals surface area contributed by atoms with Crippen molar-refractivity contribution in [2.24, 2.45) is 16.3 Å². The van der Waals surface area contributed by atoms with Gasteiger partial charge in [0.1, 0.15) is 0 Å². The number of rotatable bonds is 11. The van der Waals surface area contributed by atoms with Crippen LogP contribution in [0.15, 0.2) is 35.0 Å². The van der Waals surface area contributed by atoms with Gasteiger partial charge >= 0.3 is 0 Å². The summed E-state index contributed by atoms with van der Waals surface area (Å²) in [6.07, 6.45) is 4.89. The molecule has 1 atom stereocenters. The molecule has 0 fully saturated rings. The zero-order chi connectivity index (χ0) is 21.9. The van der Waals surface area contributed by atoms with E-state index in [9.17, 15) is 9.59 Å². The van der Waals surface area contributed by atoms with E-state index in [1.807, 2.05) is 13.8 Å². The number of hydrogen-bond donors (Lipinski definition) is 2. The Bertz CT molecular complexity index is 713. The van der Waals surface area contributed by atoms with Crippen LogP contribution in [0.3, 0.4) is 0 Å². The van der Waals surface area contributed by atoms with E-state index in [1.165, 1.54) is 0 Å². The summed E-state index contributed by atoms with van der Waals surface area (Å²) < 4.78 is 0. The second kappa shape index (κ2) is 12.2. The Morgan fingerprint density at radius 3 is 2.38 bits per heavy atom. The van der Waals surface area contributed by atoms with Crippen molar-refractivity contribution in [1.82, 2.24) is 10.6 Å². The lowest BCUT2D eigenvalue weighted by Crippen LogP contribution is -2.33. The van der Waals surface area contributed by atoms with Gasteiger partial charge in [-0.15, -0.1) is 0 Å². The summed E-state index contributed by atoms with van der Waals surface area (Å²) in [6, 6.07) is 8.25. The largest absolute Gasteiger partial charge is 0.359 e. The summed E-state index contributed by atoms with van der Waals surface area (Å²) in [5, 5.41) is 5.76. The smallest absolute Gasteiger partial charge is 0.223 e. The van der Waals surface area contributed by atoms with Crippen LogP contribution in [0.25, 0.3) is 5.57 Å². The third-order valence-corrected chi connectivity index (χ3v) is 4.91. The zero-order valence-electron chi connectivity index (χ0n) is 18.8. The molecule has 0 aliphatic heterocycles. The molecule has 0 saturated carbocycles. The monoisotopic (exact) mass is 399 g/mol. The van der Waals surface area contributed by atoms with Crippen LogP contribution in [-0.2, 0) is 16.1 Å². The zero-order valence-corrected chi connectivity index (χ0v) is 18.8. The lowest BCUT2D eigenvalue weighted by molar-refractivity contribution is -0.126. The second-order valence-corrected chi connectivity index (χ2v) is 8.69.